The van der Waals surface area contributed by atoms with Gasteiger partial charge in [0.15, 0.2) is 6.10 Å². The highest BCUT2D eigenvalue weighted by atomic mass is 127. The van der Waals surface area contributed by atoms with Gasteiger partial charge in [-0.05, 0) is 52.9 Å². The van der Waals surface area contributed by atoms with Gasteiger partial charge in [-0.3, -0.25) is 9.59 Å². The lowest BCUT2D eigenvalue weighted by Crippen LogP contribution is -2.54. The molecular formula is C20H19IN2O4. The predicted octanol–water partition coefficient (Wildman–Crippen LogP) is 2.56. The van der Waals surface area contributed by atoms with Gasteiger partial charge < -0.3 is 19.3 Å². The van der Waals surface area contributed by atoms with Gasteiger partial charge in [0.05, 0.1) is 25.4 Å². The molecule has 0 radical (unpaired) electrons. The third-order valence-electron chi connectivity index (χ3n) is 4.69. The Hall–Kier alpha value is -2.13. The van der Waals surface area contributed by atoms with Crippen molar-refractivity contribution in [2.75, 3.05) is 37.7 Å². The Morgan fingerprint density at radius 3 is 2.59 bits per heavy atom. The summed E-state index contributed by atoms with van der Waals surface area (Å²) in [4.78, 5) is 29.5. The number of ether oxygens (including phenoxy) is 2. The van der Waals surface area contributed by atoms with E-state index in [1.54, 1.807) is 21.9 Å². The highest BCUT2D eigenvalue weighted by Gasteiger charge is 2.36. The smallest absolute Gasteiger partial charge is 0.265 e. The molecule has 1 atom stereocenters. The van der Waals surface area contributed by atoms with Crippen LogP contribution in [0.2, 0.25) is 0 Å². The second kappa shape index (κ2) is 7.85. The fourth-order valence-electron chi connectivity index (χ4n) is 3.32. The average Bonchev–Trinajstić information content (AvgIpc) is 2.72. The zero-order chi connectivity index (χ0) is 18.8. The van der Waals surface area contributed by atoms with E-state index in [0.717, 1.165) is 3.57 Å². The Kier molecular flexibility index (Phi) is 5.31. The van der Waals surface area contributed by atoms with E-state index >= 15 is 0 Å². The number of hydrogen-bond donors (Lipinski definition) is 0. The molecule has 2 aliphatic heterocycles. The molecule has 4 rings (SSSR count). The number of benzene rings is 2. The van der Waals surface area contributed by atoms with Gasteiger partial charge in [-0.1, -0.05) is 18.2 Å². The van der Waals surface area contributed by atoms with Gasteiger partial charge in [0.1, 0.15) is 5.75 Å². The SMILES string of the molecule is O=C([C@H]1CN(C(=O)c2cccc(I)c2)c2ccccc2O1)N1CCOCC1. The minimum atomic E-state index is -0.718. The molecule has 1 fully saturated rings. The molecule has 0 spiro atoms. The number of morpholine rings is 1. The van der Waals surface area contributed by atoms with Crippen molar-refractivity contribution in [1.29, 1.82) is 0 Å². The van der Waals surface area contributed by atoms with Crippen LogP contribution in [0.5, 0.6) is 5.75 Å². The fraction of sp³-hybridized carbons (Fsp3) is 0.300. The monoisotopic (exact) mass is 478 g/mol. The quantitative estimate of drug-likeness (QED) is 0.623. The van der Waals surface area contributed by atoms with Gasteiger partial charge in [-0.15, -0.1) is 0 Å². The van der Waals surface area contributed by atoms with E-state index < -0.39 is 6.10 Å². The van der Waals surface area contributed by atoms with Crippen LogP contribution in [0.25, 0.3) is 0 Å². The largest absolute Gasteiger partial charge is 0.476 e. The maximum Gasteiger partial charge on any atom is 0.265 e. The summed E-state index contributed by atoms with van der Waals surface area (Å²) in [6.07, 6.45) is -0.718. The number of halogens is 1. The Labute approximate surface area is 171 Å². The van der Waals surface area contributed by atoms with Crippen LogP contribution in [-0.4, -0.2) is 55.7 Å². The highest BCUT2D eigenvalue weighted by Crippen LogP contribution is 2.34. The van der Waals surface area contributed by atoms with E-state index in [4.69, 9.17) is 9.47 Å². The highest BCUT2D eigenvalue weighted by molar-refractivity contribution is 14.1. The Balaban J connectivity index is 1.64. The number of carbonyl (C=O) groups excluding carboxylic acids is 2. The molecule has 2 aliphatic rings. The predicted molar refractivity (Wildman–Crippen MR) is 109 cm³/mol. The summed E-state index contributed by atoms with van der Waals surface area (Å²) < 4.78 is 12.3. The summed E-state index contributed by atoms with van der Waals surface area (Å²) >= 11 is 2.19. The van der Waals surface area contributed by atoms with Crippen molar-refractivity contribution in [3.05, 3.63) is 57.7 Å². The first-order chi connectivity index (χ1) is 13.1. The van der Waals surface area contributed by atoms with Crippen LogP contribution >= 0.6 is 22.6 Å². The minimum Gasteiger partial charge on any atom is -0.476 e. The van der Waals surface area contributed by atoms with E-state index in [9.17, 15) is 9.59 Å². The van der Waals surface area contributed by atoms with Gasteiger partial charge in [0, 0.05) is 22.2 Å². The number of nitrogens with zero attached hydrogens (tertiary/aromatic N) is 2. The Morgan fingerprint density at radius 1 is 1.04 bits per heavy atom. The molecule has 0 bridgehead atoms. The van der Waals surface area contributed by atoms with Crippen LogP contribution in [0.3, 0.4) is 0 Å². The number of anilines is 1. The summed E-state index contributed by atoms with van der Waals surface area (Å²) in [6.45, 7) is 2.34. The van der Waals surface area contributed by atoms with Crippen molar-refractivity contribution in [3.63, 3.8) is 0 Å². The normalized spacial score (nSPS) is 19.2. The second-order valence-corrected chi connectivity index (χ2v) is 7.68. The Morgan fingerprint density at radius 2 is 1.81 bits per heavy atom. The molecule has 140 valence electrons. The maximum atomic E-state index is 13.2. The van der Waals surface area contributed by atoms with Crippen LogP contribution in [0.1, 0.15) is 10.4 Å². The number of hydrogen-bond acceptors (Lipinski definition) is 4. The van der Waals surface area contributed by atoms with Crippen molar-refractivity contribution in [3.8, 4) is 5.75 Å². The lowest BCUT2D eigenvalue weighted by Gasteiger charge is -2.37. The third kappa shape index (κ3) is 3.79. The lowest BCUT2D eigenvalue weighted by molar-refractivity contribution is -0.142. The van der Waals surface area contributed by atoms with Gasteiger partial charge in [0.25, 0.3) is 11.8 Å². The number of amides is 2. The van der Waals surface area contributed by atoms with Gasteiger partial charge >= 0.3 is 0 Å². The van der Waals surface area contributed by atoms with E-state index in [-0.39, 0.29) is 18.4 Å². The first-order valence-electron chi connectivity index (χ1n) is 8.83. The summed E-state index contributed by atoms with van der Waals surface area (Å²) in [6, 6.07) is 14.8. The van der Waals surface area contributed by atoms with Crippen molar-refractivity contribution < 1.29 is 19.1 Å². The standard InChI is InChI=1S/C20H19IN2O4/c21-15-5-3-4-14(12-15)19(24)23-13-18(20(25)22-8-10-26-11-9-22)27-17-7-2-1-6-16(17)23/h1-7,12,18H,8-11,13H2/t18-/m1/s1. The number of carbonyl (C=O) groups is 2. The molecular weight excluding hydrogens is 459 g/mol. The molecule has 7 heteroatoms. The van der Waals surface area contributed by atoms with E-state index in [1.165, 1.54) is 0 Å². The van der Waals surface area contributed by atoms with Crippen LogP contribution in [-0.2, 0) is 9.53 Å². The van der Waals surface area contributed by atoms with Gasteiger partial charge in [-0.2, -0.15) is 0 Å². The molecule has 0 unspecified atom stereocenters. The zero-order valence-corrected chi connectivity index (χ0v) is 16.8. The first kappa shape index (κ1) is 18.2. The summed E-state index contributed by atoms with van der Waals surface area (Å²) in [5.74, 6) is 0.312. The minimum absolute atomic E-state index is 0.103. The molecule has 27 heavy (non-hydrogen) atoms. The van der Waals surface area contributed by atoms with Gasteiger partial charge in [0.2, 0.25) is 0 Å². The summed E-state index contributed by atoms with van der Waals surface area (Å²) in [5, 5.41) is 0. The van der Waals surface area contributed by atoms with Gasteiger partial charge in [-0.25, -0.2) is 0 Å². The van der Waals surface area contributed by atoms with Crippen LogP contribution in [0.15, 0.2) is 48.5 Å². The van der Waals surface area contributed by atoms with Crippen LogP contribution in [0, 0.1) is 3.57 Å². The number of rotatable bonds is 2. The molecule has 0 saturated carbocycles. The fourth-order valence-corrected chi connectivity index (χ4v) is 3.86. The molecule has 0 aromatic heterocycles. The molecule has 6 nitrogen and oxygen atoms in total. The third-order valence-corrected chi connectivity index (χ3v) is 5.36. The molecule has 0 N–H and O–H groups in total. The van der Waals surface area contributed by atoms with E-state index in [0.29, 0.717) is 43.3 Å². The van der Waals surface area contributed by atoms with Crippen molar-refractivity contribution >= 4 is 40.1 Å². The van der Waals surface area contributed by atoms with Crippen molar-refractivity contribution in [1.82, 2.24) is 4.90 Å². The number of fused-ring (bicyclic) bond motifs is 1. The molecule has 2 aromatic carbocycles. The van der Waals surface area contributed by atoms with E-state index in [1.807, 2.05) is 36.4 Å². The maximum absolute atomic E-state index is 13.2. The van der Waals surface area contributed by atoms with Crippen LogP contribution < -0.4 is 9.64 Å². The Bertz CT molecular complexity index is 867. The molecule has 1 saturated heterocycles. The number of para-hydroxylation sites is 2. The first-order valence-corrected chi connectivity index (χ1v) is 9.91. The summed E-state index contributed by atoms with van der Waals surface area (Å²) in [7, 11) is 0. The topological polar surface area (TPSA) is 59.1 Å². The lowest BCUT2D eigenvalue weighted by atomic mass is 10.1. The zero-order valence-electron chi connectivity index (χ0n) is 14.6. The molecule has 0 aliphatic carbocycles. The molecule has 2 amide bonds. The average molecular weight is 478 g/mol. The molecule has 2 aromatic rings. The van der Waals surface area contributed by atoms with Crippen LogP contribution in [0.4, 0.5) is 5.69 Å². The van der Waals surface area contributed by atoms with E-state index in [2.05, 4.69) is 22.6 Å². The second-order valence-electron chi connectivity index (χ2n) is 6.44. The summed E-state index contributed by atoms with van der Waals surface area (Å²) in [5.41, 5.74) is 1.28. The molecule has 2 heterocycles. The van der Waals surface area contributed by atoms with Crippen molar-refractivity contribution in [2.24, 2.45) is 0 Å². The van der Waals surface area contributed by atoms with Crippen molar-refractivity contribution in [2.45, 2.75) is 6.10 Å².